The van der Waals surface area contributed by atoms with E-state index in [0.29, 0.717) is 6.04 Å². The van der Waals surface area contributed by atoms with Crippen LogP contribution in [0, 0.1) is 0 Å². The van der Waals surface area contributed by atoms with Gasteiger partial charge in [-0.15, -0.1) is 0 Å². The molecule has 0 spiro atoms. The first kappa shape index (κ1) is 11.5. The number of aryl methyl sites for hydroxylation is 1. The Balaban J connectivity index is 1.90. The summed E-state index contributed by atoms with van der Waals surface area (Å²) in [5.74, 6) is 0. The predicted octanol–water partition coefficient (Wildman–Crippen LogP) is 1.42. The maximum atomic E-state index is 5.35. The molecule has 1 fully saturated rings. The zero-order chi connectivity index (χ0) is 12.4. The molecular formula is C14H20N4. The van der Waals surface area contributed by atoms with E-state index >= 15 is 0 Å². The summed E-state index contributed by atoms with van der Waals surface area (Å²) in [4.78, 5) is 6.72. The summed E-state index contributed by atoms with van der Waals surface area (Å²) >= 11 is 0. The number of aliphatic imine (C=N–C) groups is 1. The molecule has 1 aromatic carbocycles. The molecule has 4 nitrogen and oxygen atoms in total. The van der Waals surface area contributed by atoms with Crippen molar-refractivity contribution in [3.63, 3.8) is 0 Å². The van der Waals surface area contributed by atoms with Crippen molar-refractivity contribution in [2.45, 2.75) is 25.3 Å². The summed E-state index contributed by atoms with van der Waals surface area (Å²) < 4.78 is 0. The van der Waals surface area contributed by atoms with Gasteiger partial charge in [0, 0.05) is 24.8 Å². The highest BCUT2D eigenvalue weighted by atomic mass is 15.2. The van der Waals surface area contributed by atoms with Gasteiger partial charge in [-0.2, -0.15) is 0 Å². The molecule has 3 N–H and O–H groups in total. The van der Waals surface area contributed by atoms with Crippen LogP contribution in [-0.4, -0.2) is 32.0 Å². The number of hydrogen-bond acceptors (Lipinski definition) is 3. The summed E-state index contributed by atoms with van der Waals surface area (Å²) in [6.45, 7) is 3.44. The van der Waals surface area contributed by atoms with E-state index in [1.54, 1.807) is 0 Å². The second-order valence-electron chi connectivity index (χ2n) is 5.03. The Morgan fingerprint density at radius 2 is 2.39 bits per heavy atom. The molecule has 0 radical (unpaired) electrons. The second-order valence-corrected chi connectivity index (χ2v) is 5.03. The van der Waals surface area contributed by atoms with Crippen molar-refractivity contribution >= 4 is 17.7 Å². The molecule has 3 rings (SSSR count). The number of anilines is 1. The molecule has 2 aliphatic heterocycles. The average Bonchev–Trinajstić information content (AvgIpc) is 2.92. The number of hydrogen-bond donors (Lipinski definition) is 2. The van der Waals surface area contributed by atoms with Gasteiger partial charge < -0.3 is 16.0 Å². The number of rotatable bonds is 2. The maximum absolute atomic E-state index is 5.35. The molecule has 1 saturated heterocycles. The van der Waals surface area contributed by atoms with Crippen molar-refractivity contribution in [3.8, 4) is 0 Å². The van der Waals surface area contributed by atoms with Gasteiger partial charge in [0.25, 0.3) is 0 Å². The highest BCUT2D eigenvalue weighted by Crippen LogP contribution is 2.32. The maximum Gasteiger partial charge on any atom is 0.0860 e. The average molecular weight is 244 g/mol. The van der Waals surface area contributed by atoms with Crippen LogP contribution in [-0.2, 0) is 6.42 Å². The highest BCUT2D eigenvalue weighted by molar-refractivity contribution is 5.65. The first-order valence-electron chi connectivity index (χ1n) is 6.73. The number of fused-ring (bicyclic) bond motifs is 1. The van der Waals surface area contributed by atoms with Crippen molar-refractivity contribution in [1.82, 2.24) is 5.32 Å². The third-order valence-corrected chi connectivity index (χ3v) is 3.92. The van der Waals surface area contributed by atoms with Gasteiger partial charge >= 0.3 is 0 Å². The molecule has 2 aliphatic rings. The lowest BCUT2D eigenvalue weighted by Crippen LogP contribution is -2.40. The first-order valence-corrected chi connectivity index (χ1v) is 6.73. The lowest BCUT2D eigenvalue weighted by Gasteiger charge is -2.36. The predicted molar refractivity (Wildman–Crippen MR) is 75.7 cm³/mol. The molecular weight excluding hydrogens is 224 g/mol. The molecule has 0 bridgehead atoms. The second kappa shape index (κ2) is 4.98. The highest BCUT2D eigenvalue weighted by Gasteiger charge is 2.26. The number of benzene rings is 1. The molecule has 0 aliphatic carbocycles. The number of nitrogens with two attached hydrogens (primary N) is 1. The minimum Gasteiger partial charge on any atom is -0.390 e. The lowest BCUT2D eigenvalue weighted by molar-refractivity contribution is 0.592. The van der Waals surface area contributed by atoms with Gasteiger partial charge in [-0.25, -0.2) is 4.99 Å². The smallest absolute Gasteiger partial charge is 0.0860 e. The van der Waals surface area contributed by atoms with Crippen molar-refractivity contribution in [2.24, 2.45) is 10.7 Å². The summed E-state index contributed by atoms with van der Waals surface area (Å²) in [5.41, 5.74) is 9.12. The SMILES string of the molecule is NC=Nc1ccc2c(c1)CCCN2C1CCNC1. The van der Waals surface area contributed by atoms with Crippen LogP contribution in [0.3, 0.4) is 0 Å². The summed E-state index contributed by atoms with van der Waals surface area (Å²) in [6, 6.07) is 7.10. The van der Waals surface area contributed by atoms with Crippen LogP contribution >= 0.6 is 0 Å². The Hall–Kier alpha value is -1.55. The number of nitrogens with zero attached hydrogens (tertiary/aromatic N) is 2. The molecule has 1 unspecified atom stereocenters. The van der Waals surface area contributed by atoms with Gasteiger partial charge in [-0.05, 0) is 49.6 Å². The van der Waals surface area contributed by atoms with Crippen molar-refractivity contribution in [2.75, 3.05) is 24.5 Å². The van der Waals surface area contributed by atoms with E-state index in [2.05, 4.69) is 33.4 Å². The fourth-order valence-corrected chi connectivity index (χ4v) is 3.06. The molecule has 96 valence electrons. The van der Waals surface area contributed by atoms with Crippen LogP contribution in [0.4, 0.5) is 11.4 Å². The van der Waals surface area contributed by atoms with Crippen LogP contribution in [0.5, 0.6) is 0 Å². The zero-order valence-corrected chi connectivity index (χ0v) is 10.6. The quantitative estimate of drug-likeness (QED) is 0.611. The van der Waals surface area contributed by atoms with Gasteiger partial charge in [0.1, 0.15) is 0 Å². The van der Waals surface area contributed by atoms with Gasteiger partial charge in [0.05, 0.1) is 12.0 Å². The number of nitrogens with one attached hydrogen (secondary N) is 1. The Morgan fingerprint density at radius 1 is 1.44 bits per heavy atom. The van der Waals surface area contributed by atoms with Crippen molar-refractivity contribution in [3.05, 3.63) is 23.8 Å². The van der Waals surface area contributed by atoms with E-state index in [-0.39, 0.29) is 0 Å². The van der Waals surface area contributed by atoms with E-state index < -0.39 is 0 Å². The van der Waals surface area contributed by atoms with Gasteiger partial charge in [0.15, 0.2) is 0 Å². The van der Waals surface area contributed by atoms with Crippen LogP contribution < -0.4 is 16.0 Å². The zero-order valence-electron chi connectivity index (χ0n) is 10.6. The van der Waals surface area contributed by atoms with Gasteiger partial charge in [0.2, 0.25) is 0 Å². The summed E-state index contributed by atoms with van der Waals surface area (Å²) in [7, 11) is 0. The molecule has 18 heavy (non-hydrogen) atoms. The fraction of sp³-hybridized carbons (Fsp3) is 0.500. The molecule has 0 amide bonds. The molecule has 1 atom stereocenters. The standard InChI is InChI=1S/C14H20N4/c15-10-17-12-3-4-14-11(8-12)2-1-7-18(14)13-5-6-16-9-13/h3-4,8,10,13,16H,1-2,5-7,9H2,(H2,15,17). The van der Waals surface area contributed by atoms with Crippen molar-refractivity contribution < 1.29 is 0 Å². The van der Waals surface area contributed by atoms with Crippen LogP contribution in [0.1, 0.15) is 18.4 Å². The fourth-order valence-electron chi connectivity index (χ4n) is 3.06. The molecule has 1 aromatic rings. The lowest BCUT2D eigenvalue weighted by atomic mass is 9.99. The third-order valence-electron chi connectivity index (χ3n) is 3.92. The minimum absolute atomic E-state index is 0.660. The van der Waals surface area contributed by atoms with E-state index in [1.165, 1.54) is 37.0 Å². The van der Waals surface area contributed by atoms with Crippen LogP contribution in [0.2, 0.25) is 0 Å². The molecule has 4 heteroatoms. The summed E-state index contributed by atoms with van der Waals surface area (Å²) in [6.07, 6.45) is 5.00. The molecule has 2 heterocycles. The van der Waals surface area contributed by atoms with Crippen LogP contribution in [0.25, 0.3) is 0 Å². The Kier molecular flexibility index (Phi) is 3.19. The topological polar surface area (TPSA) is 53.6 Å². The van der Waals surface area contributed by atoms with Crippen molar-refractivity contribution in [1.29, 1.82) is 0 Å². The van der Waals surface area contributed by atoms with E-state index in [0.717, 1.165) is 25.2 Å². The van der Waals surface area contributed by atoms with E-state index in [9.17, 15) is 0 Å². The Labute approximate surface area is 108 Å². The summed E-state index contributed by atoms with van der Waals surface area (Å²) in [5, 5.41) is 3.45. The largest absolute Gasteiger partial charge is 0.390 e. The Bertz CT molecular complexity index is 449. The minimum atomic E-state index is 0.660. The monoisotopic (exact) mass is 244 g/mol. The third kappa shape index (κ3) is 2.08. The molecule has 0 aromatic heterocycles. The normalized spacial score (nSPS) is 23.6. The Morgan fingerprint density at radius 3 is 3.17 bits per heavy atom. The van der Waals surface area contributed by atoms with Crippen LogP contribution in [0.15, 0.2) is 23.2 Å². The molecule has 0 saturated carbocycles. The van der Waals surface area contributed by atoms with Gasteiger partial charge in [-0.3, -0.25) is 0 Å². The van der Waals surface area contributed by atoms with Gasteiger partial charge in [-0.1, -0.05) is 0 Å². The van der Waals surface area contributed by atoms with E-state index in [1.807, 2.05) is 0 Å². The first-order chi connectivity index (χ1) is 8.88. The van der Waals surface area contributed by atoms with E-state index in [4.69, 9.17) is 5.73 Å².